The molecule has 4 rings (SSSR count). The van der Waals surface area contributed by atoms with E-state index in [0.29, 0.717) is 9.79 Å². The van der Waals surface area contributed by atoms with Crippen molar-refractivity contribution < 1.29 is 8.42 Å². The second kappa shape index (κ2) is 9.36. The SMILES string of the molecule is Cc1ccc(Cc2ccc(S(=O)(=O)c3ccc(Cc4ccc(C)cc4C)cc3)cc2)c(C)c1. The van der Waals surface area contributed by atoms with Crippen LogP contribution in [0.5, 0.6) is 0 Å². The summed E-state index contributed by atoms with van der Waals surface area (Å²) in [5, 5.41) is 0. The van der Waals surface area contributed by atoms with E-state index >= 15 is 0 Å². The number of benzene rings is 4. The Bertz CT molecular complexity index is 1280. The summed E-state index contributed by atoms with van der Waals surface area (Å²) in [6, 6.07) is 27.4. The Morgan fingerprint density at radius 1 is 0.515 bits per heavy atom. The fraction of sp³-hybridized carbons (Fsp3) is 0.200. The van der Waals surface area contributed by atoms with Crippen molar-refractivity contribution in [3.8, 4) is 0 Å². The zero-order valence-electron chi connectivity index (χ0n) is 19.7. The predicted molar refractivity (Wildman–Crippen MR) is 136 cm³/mol. The molecular formula is C30H30O2S. The number of hydrogen-bond acceptors (Lipinski definition) is 2. The fourth-order valence-electron chi connectivity index (χ4n) is 4.24. The average molecular weight is 455 g/mol. The van der Waals surface area contributed by atoms with Crippen molar-refractivity contribution in [3.63, 3.8) is 0 Å². The molecule has 4 aromatic carbocycles. The minimum atomic E-state index is -3.55. The summed E-state index contributed by atoms with van der Waals surface area (Å²) in [5.74, 6) is 0. The number of aryl methyl sites for hydroxylation is 4. The quantitative estimate of drug-likeness (QED) is 0.316. The molecule has 0 spiro atoms. The molecule has 4 aromatic rings. The van der Waals surface area contributed by atoms with E-state index in [4.69, 9.17) is 0 Å². The molecule has 0 atom stereocenters. The van der Waals surface area contributed by atoms with Gasteiger partial charge in [-0.25, -0.2) is 8.42 Å². The van der Waals surface area contributed by atoms with Crippen molar-refractivity contribution in [2.24, 2.45) is 0 Å². The molecule has 0 heterocycles. The summed E-state index contributed by atoms with van der Waals surface area (Å²) < 4.78 is 26.3. The van der Waals surface area contributed by atoms with Crippen LogP contribution in [0.4, 0.5) is 0 Å². The van der Waals surface area contributed by atoms with E-state index in [1.54, 1.807) is 24.3 Å². The Morgan fingerprint density at radius 2 is 0.879 bits per heavy atom. The Labute approximate surface area is 197 Å². The molecule has 0 aromatic heterocycles. The molecule has 2 nitrogen and oxygen atoms in total. The van der Waals surface area contributed by atoms with Gasteiger partial charge in [0.25, 0.3) is 0 Å². The highest BCUT2D eigenvalue weighted by molar-refractivity contribution is 7.91. The third-order valence-electron chi connectivity index (χ3n) is 6.25. The monoisotopic (exact) mass is 454 g/mol. The molecule has 0 fully saturated rings. The molecule has 0 saturated heterocycles. The van der Waals surface area contributed by atoms with Gasteiger partial charge in [-0.05, 0) is 98.2 Å². The van der Waals surface area contributed by atoms with Crippen LogP contribution < -0.4 is 0 Å². The van der Waals surface area contributed by atoms with Crippen LogP contribution in [0, 0.1) is 27.7 Å². The van der Waals surface area contributed by atoms with Gasteiger partial charge in [0.2, 0.25) is 9.84 Å². The number of hydrogen-bond donors (Lipinski definition) is 0. The first-order valence-electron chi connectivity index (χ1n) is 11.3. The molecule has 33 heavy (non-hydrogen) atoms. The first-order chi connectivity index (χ1) is 15.7. The highest BCUT2D eigenvalue weighted by atomic mass is 32.2. The smallest absolute Gasteiger partial charge is 0.206 e. The van der Waals surface area contributed by atoms with Gasteiger partial charge in [-0.3, -0.25) is 0 Å². The van der Waals surface area contributed by atoms with Gasteiger partial charge in [-0.2, -0.15) is 0 Å². The van der Waals surface area contributed by atoms with E-state index in [9.17, 15) is 8.42 Å². The second-order valence-corrected chi connectivity index (χ2v) is 11.0. The standard InChI is InChI=1S/C30H30O2S/c1-21-5-11-27(23(3)17-21)19-25-7-13-29(14-8-25)33(31,32)30-15-9-26(10-16-30)20-28-12-6-22(2)18-24(28)4/h5-18H,19-20H2,1-4H3. The maximum atomic E-state index is 13.2. The molecule has 0 radical (unpaired) electrons. The minimum absolute atomic E-state index is 0.328. The predicted octanol–water partition coefficient (Wildman–Crippen LogP) is 6.93. The lowest BCUT2D eigenvalue weighted by atomic mass is 9.99. The highest BCUT2D eigenvalue weighted by Crippen LogP contribution is 2.24. The Kier molecular flexibility index (Phi) is 6.53. The first-order valence-corrected chi connectivity index (χ1v) is 12.8. The fourth-order valence-corrected chi connectivity index (χ4v) is 5.50. The molecule has 168 valence electrons. The van der Waals surface area contributed by atoms with E-state index in [2.05, 4.69) is 64.1 Å². The molecule has 0 N–H and O–H groups in total. The third-order valence-corrected chi connectivity index (χ3v) is 8.04. The van der Waals surface area contributed by atoms with Gasteiger partial charge in [0.1, 0.15) is 0 Å². The van der Waals surface area contributed by atoms with Crippen LogP contribution in [0.2, 0.25) is 0 Å². The molecule has 0 aliphatic rings. The van der Waals surface area contributed by atoms with Crippen LogP contribution in [-0.4, -0.2) is 8.42 Å². The van der Waals surface area contributed by atoms with Crippen molar-refractivity contribution >= 4 is 9.84 Å². The zero-order chi connectivity index (χ0) is 23.6. The molecule has 0 saturated carbocycles. The summed E-state index contributed by atoms with van der Waals surface area (Å²) in [5.41, 5.74) is 9.73. The van der Waals surface area contributed by atoms with Crippen molar-refractivity contribution in [2.45, 2.75) is 50.3 Å². The van der Waals surface area contributed by atoms with Gasteiger partial charge in [-0.15, -0.1) is 0 Å². The summed E-state index contributed by atoms with van der Waals surface area (Å²) >= 11 is 0. The maximum Gasteiger partial charge on any atom is 0.206 e. The lowest BCUT2D eigenvalue weighted by Crippen LogP contribution is -2.03. The molecule has 0 aliphatic carbocycles. The van der Waals surface area contributed by atoms with Crippen LogP contribution in [0.3, 0.4) is 0 Å². The average Bonchev–Trinajstić information content (AvgIpc) is 2.78. The van der Waals surface area contributed by atoms with Gasteiger partial charge >= 0.3 is 0 Å². The summed E-state index contributed by atoms with van der Waals surface area (Å²) in [6.07, 6.45) is 1.58. The molecule has 3 heteroatoms. The van der Waals surface area contributed by atoms with E-state index in [1.165, 1.54) is 33.4 Å². The van der Waals surface area contributed by atoms with Crippen molar-refractivity contribution in [2.75, 3.05) is 0 Å². The van der Waals surface area contributed by atoms with Crippen LogP contribution in [0.15, 0.2) is 94.7 Å². The normalized spacial score (nSPS) is 11.5. The topological polar surface area (TPSA) is 34.1 Å². The van der Waals surface area contributed by atoms with Crippen molar-refractivity contribution in [3.05, 3.63) is 129 Å². The van der Waals surface area contributed by atoms with Gasteiger partial charge in [0.15, 0.2) is 0 Å². The van der Waals surface area contributed by atoms with Crippen LogP contribution in [0.1, 0.15) is 44.5 Å². The summed E-state index contributed by atoms with van der Waals surface area (Å²) in [6.45, 7) is 8.41. The van der Waals surface area contributed by atoms with E-state index in [1.807, 2.05) is 24.3 Å². The molecular weight excluding hydrogens is 424 g/mol. The van der Waals surface area contributed by atoms with E-state index in [-0.39, 0.29) is 0 Å². The largest absolute Gasteiger partial charge is 0.219 e. The Morgan fingerprint density at radius 3 is 1.21 bits per heavy atom. The van der Waals surface area contributed by atoms with Crippen LogP contribution in [-0.2, 0) is 22.7 Å². The van der Waals surface area contributed by atoms with Crippen LogP contribution >= 0.6 is 0 Å². The van der Waals surface area contributed by atoms with E-state index in [0.717, 1.165) is 24.0 Å². The maximum absolute atomic E-state index is 13.2. The Balaban J connectivity index is 1.50. The lowest BCUT2D eigenvalue weighted by molar-refractivity contribution is 0.596. The van der Waals surface area contributed by atoms with Crippen molar-refractivity contribution in [1.29, 1.82) is 0 Å². The first kappa shape index (κ1) is 23.0. The third kappa shape index (κ3) is 5.26. The minimum Gasteiger partial charge on any atom is -0.219 e. The van der Waals surface area contributed by atoms with Gasteiger partial charge < -0.3 is 0 Å². The number of rotatable bonds is 6. The summed E-state index contributed by atoms with van der Waals surface area (Å²) in [4.78, 5) is 0.656. The van der Waals surface area contributed by atoms with Crippen LogP contribution in [0.25, 0.3) is 0 Å². The van der Waals surface area contributed by atoms with E-state index < -0.39 is 9.84 Å². The zero-order valence-corrected chi connectivity index (χ0v) is 20.5. The van der Waals surface area contributed by atoms with Gasteiger partial charge in [0, 0.05) is 0 Å². The van der Waals surface area contributed by atoms with Gasteiger partial charge in [0.05, 0.1) is 9.79 Å². The van der Waals surface area contributed by atoms with Crippen molar-refractivity contribution in [1.82, 2.24) is 0 Å². The molecule has 0 amide bonds. The molecule has 0 unspecified atom stereocenters. The van der Waals surface area contributed by atoms with Gasteiger partial charge in [-0.1, -0.05) is 71.8 Å². The summed E-state index contributed by atoms with van der Waals surface area (Å²) in [7, 11) is -3.55. The lowest BCUT2D eigenvalue weighted by Gasteiger charge is -2.10. The highest BCUT2D eigenvalue weighted by Gasteiger charge is 2.17. The Hall–Kier alpha value is -3.17. The molecule has 0 aliphatic heterocycles. The molecule has 0 bridgehead atoms. The number of sulfone groups is 1. The second-order valence-electron chi connectivity index (χ2n) is 9.00.